The lowest BCUT2D eigenvalue weighted by Crippen LogP contribution is -2.59. The van der Waals surface area contributed by atoms with Gasteiger partial charge in [-0.15, -0.1) is 0 Å². The van der Waals surface area contributed by atoms with E-state index in [4.69, 9.17) is 4.74 Å². The summed E-state index contributed by atoms with van der Waals surface area (Å²) in [6.45, 7) is 11.3. The van der Waals surface area contributed by atoms with Crippen LogP contribution in [0.5, 0.6) is 0 Å². The van der Waals surface area contributed by atoms with E-state index in [0.29, 0.717) is 30.2 Å². The van der Waals surface area contributed by atoms with Crippen LogP contribution < -0.4 is 0 Å². The topological polar surface area (TPSA) is 70.0 Å². The first kappa shape index (κ1) is 21.2. The Balaban J connectivity index is 1.72. The predicted octanol–water partition coefficient (Wildman–Crippen LogP) is 4.33. The Morgan fingerprint density at radius 3 is 2.55 bits per heavy atom. The first-order valence-corrected chi connectivity index (χ1v) is 11.5. The van der Waals surface area contributed by atoms with Crippen LogP contribution >= 0.6 is 0 Å². The average Bonchev–Trinajstić information content (AvgIpc) is 2.97. The smallest absolute Gasteiger partial charge is 0.414 e. The van der Waals surface area contributed by atoms with Gasteiger partial charge in [0.15, 0.2) is 0 Å². The lowest BCUT2D eigenvalue weighted by Gasteiger charge is -2.60. The van der Waals surface area contributed by atoms with Crippen molar-refractivity contribution < 1.29 is 19.7 Å². The molecule has 0 aromatic carbocycles. The lowest BCUT2D eigenvalue weighted by molar-refractivity contribution is -0.0877. The molecule has 0 bridgehead atoms. The molecule has 0 aromatic heterocycles. The summed E-state index contributed by atoms with van der Waals surface area (Å²) >= 11 is 0. The van der Waals surface area contributed by atoms with Crippen molar-refractivity contribution >= 4 is 6.09 Å². The van der Waals surface area contributed by atoms with E-state index in [0.717, 1.165) is 44.2 Å². The number of ether oxygens (including phenoxy) is 1. The zero-order valence-corrected chi connectivity index (χ0v) is 18.8. The number of carbonyl (C=O) groups is 1. The van der Waals surface area contributed by atoms with Crippen LogP contribution in [-0.2, 0) is 4.74 Å². The molecule has 5 heteroatoms. The lowest BCUT2D eigenvalue weighted by atomic mass is 9.49. The molecular formula is C24H39NO4. The van der Waals surface area contributed by atoms with Crippen LogP contribution in [0.2, 0.25) is 0 Å². The van der Waals surface area contributed by atoms with Crippen molar-refractivity contribution in [3.63, 3.8) is 0 Å². The van der Waals surface area contributed by atoms with Crippen LogP contribution in [0, 0.1) is 34.5 Å². The third-order valence-electron chi connectivity index (χ3n) is 8.87. The Morgan fingerprint density at radius 1 is 1.17 bits per heavy atom. The number of rotatable bonds is 1. The number of fused-ring (bicyclic) bond motifs is 5. The van der Waals surface area contributed by atoms with Crippen molar-refractivity contribution in [2.45, 2.75) is 84.8 Å². The summed E-state index contributed by atoms with van der Waals surface area (Å²) in [5, 5.41) is 20.3. The highest BCUT2D eigenvalue weighted by Gasteiger charge is 2.61. The molecule has 2 saturated carbocycles. The minimum absolute atomic E-state index is 0.0995. The summed E-state index contributed by atoms with van der Waals surface area (Å²) in [6.07, 6.45) is 7.34. The molecule has 1 aliphatic heterocycles. The summed E-state index contributed by atoms with van der Waals surface area (Å²) < 4.78 is 5.79. The molecule has 0 aromatic rings. The van der Waals surface area contributed by atoms with Crippen molar-refractivity contribution in [2.75, 3.05) is 13.2 Å². The maximum Gasteiger partial charge on any atom is 0.414 e. The van der Waals surface area contributed by atoms with Crippen molar-refractivity contribution in [3.8, 4) is 0 Å². The minimum Gasteiger partial charge on any atom is -0.443 e. The number of piperidine rings is 1. The third kappa shape index (κ3) is 3.33. The molecule has 0 spiro atoms. The fraction of sp³-hybridized carbons (Fsp3) is 0.875. The molecule has 2 unspecified atom stereocenters. The molecule has 2 N–H and O–H groups in total. The number of nitrogens with zero attached hydrogens (tertiary/aromatic N) is 1. The summed E-state index contributed by atoms with van der Waals surface area (Å²) in [5.41, 5.74) is 0.500. The van der Waals surface area contributed by atoms with Gasteiger partial charge in [0, 0.05) is 24.3 Å². The average molecular weight is 406 g/mol. The van der Waals surface area contributed by atoms with Gasteiger partial charge in [-0.25, -0.2) is 4.79 Å². The van der Waals surface area contributed by atoms with Crippen LogP contribution in [0.4, 0.5) is 4.79 Å². The standard InChI is InChI=1S/C24H39NO4/c1-22(2,3)29-21(28)25-13-17-18-7-6-15(14-26)23(18,4)11-9-19(17)24(5)10-8-16(27)12-20(24)25/h12,15-19,26-27H,6-11,13-14H2,1-5H3/t15?,16?,17-,18-,19-,23+,24+/m0/s1. The number of hydrogen-bond donors (Lipinski definition) is 2. The van der Waals surface area contributed by atoms with Crippen LogP contribution in [-0.4, -0.2) is 46.1 Å². The second-order valence-electron chi connectivity index (χ2n) is 11.5. The van der Waals surface area contributed by atoms with E-state index in [2.05, 4.69) is 13.8 Å². The number of hydrogen-bond acceptors (Lipinski definition) is 4. The predicted molar refractivity (Wildman–Crippen MR) is 112 cm³/mol. The van der Waals surface area contributed by atoms with Crippen molar-refractivity contribution in [1.29, 1.82) is 0 Å². The molecule has 1 saturated heterocycles. The Bertz CT molecular complexity index is 697. The van der Waals surface area contributed by atoms with E-state index in [1.807, 2.05) is 31.7 Å². The molecule has 5 nitrogen and oxygen atoms in total. The minimum atomic E-state index is -0.547. The number of allylic oxidation sites excluding steroid dienone is 1. The van der Waals surface area contributed by atoms with Crippen LogP contribution in [0.3, 0.4) is 0 Å². The van der Waals surface area contributed by atoms with Crippen molar-refractivity contribution in [3.05, 3.63) is 11.8 Å². The van der Waals surface area contributed by atoms with Gasteiger partial charge in [0.25, 0.3) is 0 Å². The second-order valence-corrected chi connectivity index (χ2v) is 11.5. The highest BCUT2D eigenvalue weighted by molar-refractivity contribution is 5.71. The molecule has 164 valence electrons. The van der Waals surface area contributed by atoms with Gasteiger partial charge in [0.2, 0.25) is 0 Å². The van der Waals surface area contributed by atoms with E-state index < -0.39 is 11.7 Å². The molecule has 29 heavy (non-hydrogen) atoms. The van der Waals surface area contributed by atoms with Gasteiger partial charge in [-0.3, -0.25) is 4.90 Å². The maximum atomic E-state index is 13.2. The number of aliphatic hydroxyl groups is 2. The van der Waals surface area contributed by atoms with Gasteiger partial charge < -0.3 is 14.9 Å². The molecular weight excluding hydrogens is 366 g/mol. The first-order chi connectivity index (χ1) is 13.5. The van der Waals surface area contributed by atoms with Crippen LogP contribution in [0.25, 0.3) is 0 Å². The van der Waals surface area contributed by atoms with Gasteiger partial charge in [-0.1, -0.05) is 13.8 Å². The maximum absolute atomic E-state index is 13.2. The van der Waals surface area contributed by atoms with Gasteiger partial charge in [-0.2, -0.15) is 0 Å². The number of amides is 1. The van der Waals surface area contributed by atoms with Crippen LogP contribution in [0.1, 0.15) is 73.1 Å². The Kier molecular flexibility index (Phi) is 5.10. The van der Waals surface area contributed by atoms with Crippen molar-refractivity contribution in [1.82, 2.24) is 4.90 Å². The fourth-order valence-corrected chi connectivity index (χ4v) is 7.35. The molecule has 7 atom stereocenters. The van der Waals surface area contributed by atoms with E-state index in [9.17, 15) is 15.0 Å². The number of aliphatic hydroxyl groups excluding tert-OH is 2. The van der Waals surface area contributed by atoms with E-state index in [1.165, 1.54) is 0 Å². The van der Waals surface area contributed by atoms with Gasteiger partial charge in [0.1, 0.15) is 5.60 Å². The van der Waals surface area contributed by atoms with E-state index in [1.54, 1.807) is 0 Å². The highest BCUT2D eigenvalue weighted by atomic mass is 16.6. The molecule has 1 heterocycles. The Hall–Kier alpha value is -1.07. The van der Waals surface area contributed by atoms with Gasteiger partial charge in [0.05, 0.1) is 6.10 Å². The number of likely N-dealkylation sites (tertiary alicyclic amines) is 1. The largest absolute Gasteiger partial charge is 0.443 e. The summed E-state index contributed by atoms with van der Waals surface area (Å²) in [7, 11) is 0. The fourth-order valence-electron chi connectivity index (χ4n) is 7.35. The summed E-state index contributed by atoms with van der Waals surface area (Å²) in [5.74, 6) is 1.86. The number of carbonyl (C=O) groups excluding carboxylic acids is 1. The molecule has 0 radical (unpaired) electrons. The first-order valence-electron chi connectivity index (χ1n) is 11.5. The zero-order valence-electron chi connectivity index (χ0n) is 18.8. The zero-order chi connectivity index (χ0) is 21.2. The normalized spacial score (nSPS) is 44.4. The van der Waals surface area contributed by atoms with Crippen molar-refractivity contribution in [2.24, 2.45) is 34.5 Å². The van der Waals surface area contributed by atoms with Crippen LogP contribution in [0.15, 0.2) is 11.8 Å². The summed E-state index contributed by atoms with van der Waals surface area (Å²) in [4.78, 5) is 15.1. The Morgan fingerprint density at radius 2 is 1.90 bits per heavy atom. The quantitative estimate of drug-likeness (QED) is 0.681. The monoisotopic (exact) mass is 405 g/mol. The van der Waals surface area contributed by atoms with Gasteiger partial charge in [-0.05, 0) is 94.5 Å². The van der Waals surface area contributed by atoms with Gasteiger partial charge >= 0.3 is 6.09 Å². The molecule has 3 aliphatic carbocycles. The molecule has 4 rings (SSSR count). The third-order valence-corrected chi connectivity index (χ3v) is 8.87. The molecule has 3 fully saturated rings. The van der Waals surface area contributed by atoms with E-state index in [-0.39, 0.29) is 23.5 Å². The Labute approximate surface area is 175 Å². The second kappa shape index (κ2) is 6.98. The summed E-state index contributed by atoms with van der Waals surface area (Å²) in [6, 6.07) is 0. The molecule has 4 aliphatic rings. The molecule has 1 amide bonds. The highest BCUT2D eigenvalue weighted by Crippen LogP contribution is 2.65. The SMILES string of the molecule is CC(C)(C)OC(=O)N1C[C@@H]2[C@H](CC[C@]3(C)C(CO)CC[C@@H]23)[C@@]2(C)CCC(O)C=C12. The van der Waals surface area contributed by atoms with E-state index >= 15 is 0 Å².